The molecule has 7 nitrogen and oxygen atoms in total. The average molecular weight is 285 g/mol. The largest absolute Gasteiger partial charge is 0.370 e. The van der Waals surface area contributed by atoms with E-state index in [4.69, 9.17) is 11.5 Å². The van der Waals surface area contributed by atoms with Crippen LogP contribution in [0.5, 0.6) is 0 Å². The predicted octanol–water partition coefficient (Wildman–Crippen LogP) is -0.642. The number of ketones is 1. The summed E-state index contributed by atoms with van der Waals surface area (Å²) in [7, 11) is 0. The van der Waals surface area contributed by atoms with E-state index < -0.39 is 11.5 Å². The molecule has 0 spiro atoms. The molecule has 0 bridgehead atoms. The van der Waals surface area contributed by atoms with Gasteiger partial charge in [-0.05, 0) is 0 Å². The van der Waals surface area contributed by atoms with Gasteiger partial charge in [0.05, 0.1) is 6.04 Å². The number of hydrogen-bond acceptors (Lipinski definition) is 4. The average Bonchev–Trinajstić information content (AvgIpc) is 2.29. The molecule has 0 aliphatic rings. The van der Waals surface area contributed by atoms with Crippen LogP contribution in [-0.4, -0.2) is 42.8 Å². The second-order valence-corrected chi connectivity index (χ2v) is 6.03. The van der Waals surface area contributed by atoms with Crippen LogP contribution in [0, 0.1) is 5.41 Å². The lowest BCUT2D eigenvalue weighted by Gasteiger charge is -2.27. The van der Waals surface area contributed by atoms with Gasteiger partial charge in [0.25, 0.3) is 0 Å². The van der Waals surface area contributed by atoms with E-state index in [1.807, 2.05) is 34.6 Å². The van der Waals surface area contributed by atoms with Gasteiger partial charge in [-0.15, -0.1) is 0 Å². The van der Waals surface area contributed by atoms with Gasteiger partial charge in [0.15, 0.2) is 11.7 Å². The van der Waals surface area contributed by atoms with Gasteiger partial charge in [-0.1, -0.05) is 34.6 Å². The minimum Gasteiger partial charge on any atom is -0.370 e. The number of Topliss-reactive ketones (excluding diaryl/α,β-unsaturated/α-hetero) is 1. The molecule has 0 aromatic rings. The summed E-state index contributed by atoms with van der Waals surface area (Å²) >= 11 is 0. The molecule has 116 valence electrons. The molecule has 0 fully saturated rings. The monoisotopic (exact) mass is 285 g/mol. The number of nitrogens with two attached hydrogens (primary N) is 2. The minimum atomic E-state index is -0.475. The molecule has 1 amide bonds. The Bertz CT molecular complexity index is 367. The van der Waals surface area contributed by atoms with Gasteiger partial charge in [-0.3, -0.25) is 9.59 Å². The quantitative estimate of drug-likeness (QED) is 0.366. The summed E-state index contributed by atoms with van der Waals surface area (Å²) in [5.74, 6) is -0.410. The highest BCUT2D eigenvalue weighted by molar-refractivity contribution is 5.90. The summed E-state index contributed by atoms with van der Waals surface area (Å²) in [5, 5.41) is 5.81. The molecule has 0 aromatic heterocycles. The van der Waals surface area contributed by atoms with Crippen LogP contribution in [0.4, 0.5) is 0 Å². The first kappa shape index (κ1) is 18.4. The van der Waals surface area contributed by atoms with E-state index in [0.717, 1.165) is 0 Å². The van der Waals surface area contributed by atoms with E-state index in [-0.39, 0.29) is 36.8 Å². The van der Waals surface area contributed by atoms with E-state index in [2.05, 4.69) is 15.6 Å². The number of carbonyl (C=O) groups excluding carboxylic acids is 2. The number of aliphatic imine (C=N–C) groups is 1. The molecule has 0 aromatic carbocycles. The highest BCUT2D eigenvalue weighted by atomic mass is 16.2. The Morgan fingerprint density at radius 3 is 2.15 bits per heavy atom. The van der Waals surface area contributed by atoms with Crippen molar-refractivity contribution in [3.8, 4) is 0 Å². The van der Waals surface area contributed by atoms with Gasteiger partial charge in [-0.25, -0.2) is 4.99 Å². The van der Waals surface area contributed by atoms with Crippen LogP contribution < -0.4 is 22.1 Å². The van der Waals surface area contributed by atoms with Crippen LogP contribution in [0.3, 0.4) is 0 Å². The van der Waals surface area contributed by atoms with Crippen molar-refractivity contribution < 1.29 is 9.59 Å². The zero-order chi connectivity index (χ0) is 15.9. The molecule has 0 unspecified atom stereocenters. The molecular formula is C13H27N5O2. The number of nitrogens with one attached hydrogen (secondary N) is 2. The number of nitrogens with zero attached hydrogens (tertiary/aromatic N) is 1. The van der Waals surface area contributed by atoms with Gasteiger partial charge in [0.1, 0.15) is 6.54 Å². The van der Waals surface area contributed by atoms with Crippen molar-refractivity contribution in [1.82, 2.24) is 10.6 Å². The van der Waals surface area contributed by atoms with E-state index in [1.54, 1.807) is 0 Å². The van der Waals surface area contributed by atoms with E-state index in [0.29, 0.717) is 0 Å². The van der Waals surface area contributed by atoms with Crippen molar-refractivity contribution in [2.45, 2.75) is 46.7 Å². The lowest BCUT2D eigenvalue weighted by Crippen LogP contribution is -2.52. The van der Waals surface area contributed by atoms with Crippen LogP contribution in [0.1, 0.15) is 34.6 Å². The Hall–Kier alpha value is -1.63. The van der Waals surface area contributed by atoms with Gasteiger partial charge >= 0.3 is 0 Å². The summed E-state index contributed by atoms with van der Waals surface area (Å²) in [6.45, 7) is 9.53. The molecule has 0 saturated heterocycles. The Kier molecular flexibility index (Phi) is 7.20. The molecule has 20 heavy (non-hydrogen) atoms. The van der Waals surface area contributed by atoms with Crippen molar-refractivity contribution in [2.24, 2.45) is 21.9 Å². The summed E-state index contributed by atoms with van der Waals surface area (Å²) in [4.78, 5) is 27.5. The summed E-state index contributed by atoms with van der Waals surface area (Å²) in [6.07, 6.45) is 0. The summed E-state index contributed by atoms with van der Waals surface area (Å²) in [6, 6.07) is -0.293. The third kappa shape index (κ3) is 7.73. The topological polar surface area (TPSA) is 123 Å². The molecule has 1 atom stereocenters. The Morgan fingerprint density at radius 1 is 1.20 bits per heavy atom. The fraction of sp³-hybridized carbons (Fsp3) is 0.769. The third-order valence-corrected chi connectivity index (χ3v) is 2.50. The lowest BCUT2D eigenvalue weighted by molar-refractivity contribution is -0.128. The number of carbonyl (C=O) groups is 2. The maximum atomic E-state index is 12.3. The molecule has 0 rings (SSSR count). The standard InChI is InChI=1S/C13H27N5O2/c1-8(2)18-9(11(20)13(3,4)5)6-16-10(19)7-17-12(14)15/h8-9,18H,6-7H2,1-5H3,(H,16,19)(H4,14,15,17)/t9-/m0/s1. The zero-order valence-electron chi connectivity index (χ0n) is 13.0. The van der Waals surface area contributed by atoms with Crippen molar-refractivity contribution >= 4 is 17.6 Å². The first-order valence-corrected chi connectivity index (χ1v) is 6.66. The smallest absolute Gasteiger partial charge is 0.241 e. The highest BCUT2D eigenvalue weighted by Gasteiger charge is 2.30. The van der Waals surface area contributed by atoms with Crippen LogP contribution in [0.2, 0.25) is 0 Å². The second-order valence-electron chi connectivity index (χ2n) is 6.03. The molecule has 0 heterocycles. The highest BCUT2D eigenvalue weighted by Crippen LogP contribution is 2.16. The van der Waals surface area contributed by atoms with Gasteiger partial charge in [0, 0.05) is 18.0 Å². The number of amides is 1. The van der Waals surface area contributed by atoms with E-state index >= 15 is 0 Å². The number of hydrogen-bond donors (Lipinski definition) is 4. The van der Waals surface area contributed by atoms with Crippen LogP contribution in [0.25, 0.3) is 0 Å². The molecule has 7 heteroatoms. The molecule has 0 aliphatic carbocycles. The molecule has 6 N–H and O–H groups in total. The van der Waals surface area contributed by atoms with Crippen LogP contribution in [-0.2, 0) is 9.59 Å². The van der Waals surface area contributed by atoms with Crippen molar-refractivity contribution in [2.75, 3.05) is 13.1 Å². The first-order chi connectivity index (χ1) is 9.04. The lowest BCUT2D eigenvalue weighted by atomic mass is 9.86. The van der Waals surface area contributed by atoms with Crippen molar-refractivity contribution in [1.29, 1.82) is 0 Å². The molecule has 0 aliphatic heterocycles. The predicted molar refractivity (Wildman–Crippen MR) is 80.2 cm³/mol. The van der Waals surface area contributed by atoms with Crippen molar-refractivity contribution in [3.05, 3.63) is 0 Å². The molecule has 0 saturated carbocycles. The van der Waals surface area contributed by atoms with Crippen molar-refractivity contribution in [3.63, 3.8) is 0 Å². The fourth-order valence-corrected chi connectivity index (χ4v) is 1.59. The number of rotatable bonds is 7. The maximum Gasteiger partial charge on any atom is 0.241 e. The Balaban J connectivity index is 4.56. The zero-order valence-corrected chi connectivity index (χ0v) is 13.0. The van der Waals surface area contributed by atoms with Gasteiger partial charge in [0.2, 0.25) is 5.91 Å². The van der Waals surface area contributed by atoms with Crippen LogP contribution >= 0.6 is 0 Å². The third-order valence-electron chi connectivity index (χ3n) is 2.50. The Labute approximate surface area is 120 Å². The van der Waals surface area contributed by atoms with E-state index in [1.165, 1.54) is 0 Å². The first-order valence-electron chi connectivity index (χ1n) is 6.66. The van der Waals surface area contributed by atoms with Crippen LogP contribution in [0.15, 0.2) is 4.99 Å². The number of guanidine groups is 1. The molecular weight excluding hydrogens is 258 g/mol. The van der Waals surface area contributed by atoms with E-state index in [9.17, 15) is 9.59 Å². The second kappa shape index (κ2) is 7.84. The van der Waals surface area contributed by atoms with Gasteiger partial charge in [-0.2, -0.15) is 0 Å². The normalized spacial score (nSPS) is 12.9. The molecule has 0 radical (unpaired) electrons. The van der Waals surface area contributed by atoms with Gasteiger partial charge < -0.3 is 22.1 Å². The fourth-order valence-electron chi connectivity index (χ4n) is 1.59. The summed E-state index contributed by atoms with van der Waals surface area (Å²) in [5.41, 5.74) is 9.82. The summed E-state index contributed by atoms with van der Waals surface area (Å²) < 4.78 is 0. The Morgan fingerprint density at radius 2 is 1.75 bits per heavy atom. The SMILES string of the molecule is CC(C)N[C@@H](CNC(=O)CN=C(N)N)C(=O)C(C)(C)C. The minimum absolute atomic E-state index is 0.0494. The maximum absolute atomic E-state index is 12.3.